The highest BCUT2D eigenvalue weighted by atomic mass is 35.5. The van der Waals surface area contributed by atoms with Crippen LogP contribution >= 0.6 is 11.6 Å². The number of amides is 1. The van der Waals surface area contributed by atoms with Crippen molar-refractivity contribution in [3.8, 4) is 0 Å². The molecule has 3 N–H and O–H groups in total. The van der Waals surface area contributed by atoms with Crippen molar-refractivity contribution in [2.75, 3.05) is 6.61 Å². The molecule has 1 fully saturated rings. The number of nitrogens with one attached hydrogen (secondary N) is 1. The molecule has 1 aromatic carbocycles. The molecule has 132 valence electrons. The van der Waals surface area contributed by atoms with E-state index in [9.17, 15) is 18.0 Å². The van der Waals surface area contributed by atoms with Crippen LogP contribution in [0.4, 0.5) is 0 Å². The molecule has 0 radical (unpaired) electrons. The number of hydrogen-bond donors (Lipinski definition) is 2. The van der Waals surface area contributed by atoms with Crippen LogP contribution in [-0.4, -0.2) is 32.9 Å². The van der Waals surface area contributed by atoms with Gasteiger partial charge in [0.15, 0.2) is 6.61 Å². The fourth-order valence-corrected chi connectivity index (χ4v) is 3.30. The molecule has 0 bridgehead atoms. The summed E-state index contributed by atoms with van der Waals surface area (Å²) in [4.78, 5) is 23.6. The lowest BCUT2D eigenvalue weighted by molar-refractivity contribution is -0.125. The molecule has 9 heteroatoms. The molecular formula is C15H19ClN2O5S. The van der Waals surface area contributed by atoms with Gasteiger partial charge in [-0.15, -0.1) is 0 Å². The SMILES string of the molecule is NS(=O)(=O)c1ccc(Cl)c(C(=O)OCC(=O)NC2CCCCC2)c1. The molecule has 0 aromatic heterocycles. The van der Waals surface area contributed by atoms with E-state index in [-0.39, 0.29) is 21.5 Å². The quantitative estimate of drug-likeness (QED) is 0.759. The summed E-state index contributed by atoms with van der Waals surface area (Å²) < 4.78 is 27.6. The molecule has 1 amide bonds. The second kappa shape index (κ2) is 7.96. The zero-order chi connectivity index (χ0) is 17.7. The van der Waals surface area contributed by atoms with E-state index in [1.54, 1.807) is 0 Å². The van der Waals surface area contributed by atoms with Gasteiger partial charge in [0.05, 0.1) is 15.5 Å². The Morgan fingerprint density at radius 1 is 1.25 bits per heavy atom. The Balaban J connectivity index is 1.95. The molecular weight excluding hydrogens is 356 g/mol. The minimum Gasteiger partial charge on any atom is -0.452 e. The second-order valence-electron chi connectivity index (χ2n) is 5.67. The Morgan fingerprint density at radius 2 is 1.92 bits per heavy atom. The lowest BCUT2D eigenvalue weighted by Crippen LogP contribution is -2.38. The van der Waals surface area contributed by atoms with E-state index in [0.717, 1.165) is 31.7 Å². The monoisotopic (exact) mass is 374 g/mol. The van der Waals surface area contributed by atoms with Crippen LogP contribution in [0.5, 0.6) is 0 Å². The Hall–Kier alpha value is -1.64. The topological polar surface area (TPSA) is 116 Å². The molecule has 0 aliphatic heterocycles. The van der Waals surface area contributed by atoms with Crippen molar-refractivity contribution < 1.29 is 22.7 Å². The number of ether oxygens (including phenoxy) is 1. The molecule has 1 saturated carbocycles. The zero-order valence-electron chi connectivity index (χ0n) is 13.0. The predicted molar refractivity (Wildman–Crippen MR) is 88.1 cm³/mol. The maximum atomic E-state index is 12.0. The maximum Gasteiger partial charge on any atom is 0.340 e. The normalized spacial score (nSPS) is 15.8. The van der Waals surface area contributed by atoms with Gasteiger partial charge in [-0.2, -0.15) is 0 Å². The van der Waals surface area contributed by atoms with Gasteiger partial charge in [0.2, 0.25) is 10.0 Å². The number of hydrogen-bond acceptors (Lipinski definition) is 5. The summed E-state index contributed by atoms with van der Waals surface area (Å²) in [7, 11) is -3.97. The molecule has 24 heavy (non-hydrogen) atoms. The number of carbonyl (C=O) groups is 2. The van der Waals surface area contributed by atoms with Crippen LogP contribution in [0.2, 0.25) is 5.02 Å². The predicted octanol–water partition coefficient (Wildman–Crippen LogP) is 1.59. The van der Waals surface area contributed by atoms with Crippen LogP contribution in [0.25, 0.3) is 0 Å². The lowest BCUT2D eigenvalue weighted by Gasteiger charge is -2.22. The fraction of sp³-hybridized carbons (Fsp3) is 0.467. The number of esters is 1. The maximum absolute atomic E-state index is 12.0. The van der Waals surface area contributed by atoms with E-state index in [4.69, 9.17) is 21.5 Å². The van der Waals surface area contributed by atoms with E-state index in [0.29, 0.717) is 0 Å². The number of benzene rings is 1. The molecule has 1 aromatic rings. The van der Waals surface area contributed by atoms with Crippen LogP contribution in [0.3, 0.4) is 0 Å². The minimum absolute atomic E-state index is 0.0140. The van der Waals surface area contributed by atoms with Crippen molar-refractivity contribution in [2.45, 2.75) is 43.0 Å². The number of primary sulfonamides is 1. The molecule has 0 unspecified atom stereocenters. The number of sulfonamides is 1. The molecule has 0 saturated heterocycles. The summed E-state index contributed by atoms with van der Waals surface area (Å²) in [6, 6.07) is 3.56. The highest BCUT2D eigenvalue weighted by Gasteiger charge is 2.19. The smallest absolute Gasteiger partial charge is 0.340 e. The largest absolute Gasteiger partial charge is 0.452 e. The first-order valence-electron chi connectivity index (χ1n) is 7.56. The van der Waals surface area contributed by atoms with Crippen LogP contribution < -0.4 is 10.5 Å². The third-order valence-electron chi connectivity index (χ3n) is 3.79. The van der Waals surface area contributed by atoms with Gasteiger partial charge in [-0.1, -0.05) is 30.9 Å². The first-order chi connectivity index (χ1) is 11.3. The first-order valence-corrected chi connectivity index (χ1v) is 9.48. The van der Waals surface area contributed by atoms with Gasteiger partial charge in [-0.3, -0.25) is 4.79 Å². The molecule has 2 rings (SSSR count). The van der Waals surface area contributed by atoms with Crippen LogP contribution in [0.1, 0.15) is 42.5 Å². The Kier molecular flexibility index (Phi) is 6.20. The number of halogens is 1. The van der Waals surface area contributed by atoms with E-state index in [1.165, 1.54) is 18.6 Å². The highest BCUT2D eigenvalue weighted by molar-refractivity contribution is 7.89. The van der Waals surface area contributed by atoms with E-state index in [1.807, 2.05) is 0 Å². The van der Waals surface area contributed by atoms with E-state index >= 15 is 0 Å². The van der Waals surface area contributed by atoms with Gasteiger partial charge >= 0.3 is 5.97 Å². The molecule has 1 aliphatic carbocycles. The van der Waals surface area contributed by atoms with Crippen molar-refractivity contribution in [3.63, 3.8) is 0 Å². The number of nitrogens with two attached hydrogens (primary N) is 1. The summed E-state index contributed by atoms with van der Waals surface area (Å²) in [5, 5.41) is 7.84. The van der Waals surface area contributed by atoms with Crippen molar-refractivity contribution >= 4 is 33.5 Å². The molecule has 1 aliphatic rings. The summed E-state index contributed by atoms with van der Waals surface area (Å²) in [6.07, 6.45) is 5.14. The van der Waals surface area contributed by atoms with Crippen molar-refractivity contribution in [2.24, 2.45) is 5.14 Å². The molecule has 0 spiro atoms. The lowest BCUT2D eigenvalue weighted by atomic mass is 9.95. The van der Waals surface area contributed by atoms with Crippen LogP contribution in [0, 0.1) is 0 Å². The summed E-state index contributed by atoms with van der Waals surface area (Å²) in [6.45, 7) is -0.453. The van der Waals surface area contributed by atoms with Crippen LogP contribution in [0.15, 0.2) is 23.1 Å². The van der Waals surface area contributed by atoms with Crippen molar-refractivity contribution in [1.82, 2.24) is 5.32 Å². The van der Waals surface area contributed by atoms with Gasteiger partial charge in [0.1, 0.15) is 0 Å². The summed E-state index contributed by atoms with van der Waals surface area (Å²) >= 11 is 5.88. The molecule has 0 heterocycles. The fourth-order valence-electron chi connectivity index (χ4n) is 2.56. The molecule has 7 nitrogen and oxygen atoms in total. The standard InChI is InChI=1S/C15H19ClN2O5S/c16-13-7-6-11(24(17,21)22)8-12(13)15(20)23-9-14(19)18-10-4-2-1-3-5-10/h6-8,10H,1-5,9H2,(H,18,19)(H2,17,21,22). The van der Waals surface area contributed by atoms with Gasteiger partial charge < -0.3 is 10.1 Å². The third-order valence-corrected chi connectivity index (χ3v) is 5.03. The average Bonchev–Trinajstić information content (AvgIpc) is 2.53. The average molecular weight is 375 g/mol. The van der Waals surface area contributed by atoms with Crippen molar-refractivity contribution in [1.29, 1.82) is 0 Å². The minimum atomic E-state index is -3.97. The Labute approximate surface area is 145 Å². The Morgan fingerprint density at radius 3 is 2.54 bits per heavy atom. The summed E-state index contributed by atoms with van der Waals surface area (Å²) in [5.74, 6) is -1.28. The van der Waals surface area contributed by atoms with E-state index < -0.39 is 28.5 Å². The van der Waals surface area contributed by atoms with Gasteiger partial charge in [-0.25, -0.2) is 18.4 Å². The van der Waals surface area contributed by atoms with Crippen molar-refractivity contribution in [3.05, 3.63) is 28.8 Å². The number of carbonyl (C=O) groups excluding carboxylic acids is 2. The zero-order valence-corrected chi connectivity index (χ0v) is 14.5. The van der Waals surface area contributed by atoms with Gasteiger partial charge in [0.25, 0.3) is 5.91 Å². The van der Waals surface area contributed by atoms with Gasteiger partial charge in [0, 0.05) is 6.04 Å². The van der Waals surface area contributed by atoms with Gasteiger partial charge in [-0.05, 0) is 31.0 Å². The first kappa shape index (κ1) is 18.7. The number of rotatable bonds is 5. The second-order valence-corrected chi connectivity index (χ2v) is 7.63. The highest BCUT2D eigenvalue weighted by Crippen LogP contribution is 2.21. The third kappa shape index (κ3) is 5.19. The Bertz CT molecular complexity index is 729. The van der Waals surface area contributed by atoms with Crippen LogP contribution in [-0.2, 0) is 19.6 Å². The molecule has 0 atom stereocenters. The summed E-state index contributed by atoms with van der Waals surface area (Å²) in [5.41, 5.74) is -0.159. The van der Waals surface area contributed by atoms with E-state index in [2.05, 4.69) is 5.32 Å².